The zero-order valence-corrected chi connectivity index (χ0v) is 8.99. The van der Waals surface area contributed by atoms with Crippen LogP contribution in [0.3, 0.4) is 0 Å². The van der Waals surface area contributed by atoms with E-state index >= 15 is 0 Å². The third kappa shape index (κ3) is 12.2. The van der Waals surface area contributed by atoms with Gasteiger partial charge in [0.25, 0.3) is 0 Å². The van der Waals surface area contributed by atoms with E-state index in [0.29, 0.717) is 12.8 Å². The highest BCUT2D eigenvalue weighted by Gasteiger charge is 2.02. The first-order valence-electron chi connectivity index (χ1n) is 3.77. The van der Waals surface area contributed by atoms with Crippen LogP contribution in [0.5, 0.6) is 0 Å². The molecule has 8 heteroatoms. The van der Waals surface area contributed by atoms with Crippen molar-refractivity contribution < 1.29 is 25.8 Å². The van der Waals surface area contributed by atoms with Gasteiger partial charge in [0, 0.05) is 0 Å². The van der Waals surface area contributed by atoms with Gasteiger partial charge in [0.05, 0.1) is 13.2 Å². The Labute approximate surface area is 82.4 Å². The molecule has 84 valence electrons. The minimum Gasteiger partial charge on any atom is -0.305 e. The van der Waals surface area contributed by atoms with Gasteiger partial charge in [0.1, 0.15) is 0 Å². The van der Waals surface area contributed by atoms with Crippen molar-refractivity contribution in [3.63, 3.8) is 0 Å². The molecule has 0 amide bonds. The fraction of sp³-hybridized carbons (Fsp3) is 0.667. The Balaban J connectivity index is 3.12. The van der Waals surface area contributed by atoms with E-state index in [4.69, 9.17) is 0 Å². The molecule has 0 fully saturated rings. The minimum atomic E-state index is -3.29. The Morgan fingerprint density at radius 1 is 0.786 bits per heavy atom. The predicted octanol–water partition coefficient (Wildman–Crippen LogP) is 4.69. The summed E-state index contributed by atoms with van der Waals surface area (Å²) in [5.41, 5.74) is 0. The fourth-order valence-corrected chi connectivity index (χ4v) is 1.10. The molecule has 2 nitrogen and oxygen atoms in total. The second-order valence-corrected chi connectivity index (χ2v) is 3.44. The maximum atomic E-state index is 11.5. The van der Waals surface area contributed by atoms with E-state index in [1.54, 1.807) is 12.2 Å². The van der Waals surface area contributed by atoms with Crippen molar-refractivity contribution in [2.45, 2.75) is 12.8 Å². The largest absolute Gasteiger partial charge is 0.415 e. The van der Waals surface area contributed by atoms with Gasteiger partial charge >= 0.3 is 17.5 Å². The average Bonchev–Trinajstić information content (AvgIpc) is 2.08. The van der Waals surface area contributed by atoms with Gasteiger partial charge in [-0.1, -0.05) is 12.2 Å². The zero-order valence-electron chi connectivity index (χ0n) is 7.21. The second kappa shape index (κ2) is 9.78. The number of halogens is 4. The number of rotatable bonds is 8. The minimum absolute atomic E-state index is 0.0466. The number of hydrogen-bond donors (Lipinski definition) is 0. The van der Waals surface area contributed by atoms with Gasteiger partial charge in [-0.05, 0) is 12.8 Å². The van der Waals surface area contributed by atoms with E-state index in [9.17, 15) is 16.8 Å². The molecular formula is C6H10F4O2P2. The van der Waals surface area contributed by atoms with Crippen LogP contribution in [0.1, 0.15) is 12.8 Å². The summed E-state index contributed by atoms with van der Waals surface area (Å²) in [6.07, 6.45) is 3.90. The predicted molar refractivity (Wildman–Crippen MR) is 48.6 cm³/mol. The third-order valence-corrected chi connectivity index (χ3v) is 1.87. The molecule has 0 aromatic carbocycles. The van der Waals surface area contributed by atoms with Gasteiger partial charge < -0.3 is 9.05 Å². The molecule has 0 aromatic heterocycles. The summed E-state index contributed by atoms with van der Waals surface area (Å²) in [7, 11) is -6.58. The Kier molecular flexibility index (Phi) is 9.95. The van der Waals surface area contributed by atoms with Crippen LogP contribution in [0.2, 0.25) is 0 Å². The third-order valence-electron chi connectivity index (χ3n) is 1.11. The monoisotopic (exact) mass is 252 g/mol. The first-order valence-corrected chi connectivity index (χ1v) is 5.85. The standard InChI is InChI=1S/C6H10F4O2P2/c7-13(8)11-5-3-1-2-4-6-12-14(9)10/h1-2H,3-6H2/b2-1+. The lowest BCUT2D eigenvalue weighted by Crippen LogP contribution is -1.84. The molecule has 0 atom stereocenters. The van der Waals surface area contributed by atoms with Gasteiger partial charge in [-0.2, -0.15) is 16.8 Å². The summed E-state index contributed by atoms with van der Waals surface area (Å²) < 4.78 is 53.9. The molecule has 14 heavy (non-hydrogen) atoms. The molecule has 0 bridgehead atoms. The molecule has 0 aliphatic heterocycles. The Morgan fingerprint density at radius 3 is 1.43 bits per heavy atom. The maximum absolute atomic E-state index is 11.5. The molecule has 0 aliphatic carbocycles. The normalized spacial score (nSPS) is 12.1. The Bertz CT molecular complexity index is 141. The molecule has 0 saturated heterocycles. The van der Waals surface area contributed by atoms with Crippen molar-refractivity contribution >= 4 is 17.5 Å². The van der Waals surface area contributed by atoms with Gasteiger partial charge in [-0.15, -0.1) is 0 Å². The molecule has 0 heterocycles. The van der Waals surface area contributed by atoms with Gasteiger partial charge in [0.2, 0.25) is 0 Å². The molecular weight excluding hydrogens is 242 g/mol. The molecule has 0 radical (unpaired) electrons. The summed E-state index contributed by atoms with van der Waals surface area (Å²) in [4.78, 5) is 0. The smallest absolute Gasteiger partial charge is 0.305 e. The van der Waals surface area contributed by atoms with E-state index < -0.39 is 17.5 Å². The maximum Gasteiger partial charge on any atom is 0.415 e. The van der Waals surface area contributed by atoms with Crippen molar-refractivity contribution in [1.82, 2.24) is 0 Å². The van der Waals surface area contributed by atoms with Crippen LogP contribution in [-0.4, -0.2) is 13.2 Å². The Morgan fingerprint density at radius 2 is 1.14 bits per heavy atom. The quantitative estimate of drug-likeness (QED) is 0.270. The van der Waals surface area contributed by atoms with Crippen LogP contribution in [-0.2, 0) is 9.05 Å². The van der Waals surface area contributed by atoms with E-state index in [1.165, 1.54) is 0 Å². The highest BCUT2D eigenvalue weighted by Crippen LogP contribution is 2.40. The van der Waals surface area contributed by atoms with Crippen molar-refractivity contribution in [1.29, 1.82) is 0 Å². The molecule has 0 saturated carbocycles. The topological polar surface area (TPSA) is 18.5 Å². The zero-order chi connectivity index (χ0) is 10.8. The summed E-state index contributed by atoms with van der Waals surface area (Å²) in [6.45, 7) is -0.0933. The van der Waals surface area contributed by atoms with Gasteiger partial charge in [-0.3, -0.25) is 0 Å². The molecule has 0 N–H and O–H groups in total. The van der Waals surface area contributed by atoms with E-state index in [2.05, 4.69) is 9.05 Å². The molecule has 0 aromatic rings. The lowest BCUT2D eigenvalue weighted by Gasteiger charge is -1.97. The fourth-order valence-electron chi connectivity index (χ4n) is 0.615. The molecule has 0 aliphatic rings. The highest BCUT2D eigenvalue weighted by atomic mass is 31.2. The van der Waals surface area contributed by atoms with Crippen LogP contribution in [0.15, 0.2) is 12.2 Å². The Hall–Kier alpha value is 0.240. The number of hydrogen-bond acceptors (Lipinski definition) is 2. The first kappa shape index (κ1) is 14.2. The summed E-state index contributed by atoms with van der Waals surface area (Å²) in [5.74, 6) is 0. The van der Waals surface area contributed by atoms with Crippen LogP contribution < -0.4 is 0 Å². The average molecular weight is 252 g/mol. The second-order valence-electron chi connectivity index (χ2n) is 2.12. The molecule has 0 unspecified atom stereocenters. The van der Waals surface area contributed by atoms with Gasteiger partial charge in [-0.25, -0.2) is 0 Å². The van der Waals surface area contributed by atoms with Crippen molar-refractivity contribution in [2.75, 3.05) is 13.2 Å². The molecule has 0 spiro atoms. The van der Waals surface area contributed by atoms with Crippen LogP contribution in [0.25, 0.3) is 0 Å². The summed E-state index contributed by atoms with van der Waals surface area (Å²) in [6, 6.07) is 0. The lowest BCUT2D eigenvalue weighted by atomic mass is 10.3. The van der Waals surface area contributed by atoms with Crippen LogP contribution >= 0.6 is 17.5 Å². The van der Waals surface area contributed by atoms with E-state index in [-0.39, 0.29) is 13.2 Å². The van der Waals surface area contributed by atoms with Crippen molar-refractivity contribution in [3.05, 3.63) is 12.2 Å². The van der Waals surface area contributed by atoms with E-state index in [0.717, 1.165) is 0 Å². The highest BCUT2D eigenvalue weighted by molar-refractivity contribution is 7.40. The van der Waals surface area contributed by atoms with E-state index in [1.807, 2.05) is 0 Å². The SMILES string of the molecule is FP(F)OCC/C=C/CCOP(F)F. The van der Waals surface area contributed by atoms with Crippen molar-refractivity contribution in [3.8, 4) is 0 Å². The lowest BCUT2D eigenvalue weighted by molar-refractivity contribution is 0.311. The summed E-state index contributed by atoms with van der Waals surface area (Å²) in [5, 5.41) is 0. The molecule has 0 rings (SSSR count). The summed E-state index contributed by atoms with van der Waals surface area (Å²) >= 11 is 0. The van der Waals surface area contributed by atoms with Gasteiger partial charge in [0.15, 0.2) is 0 Å². The van der Waals surface area contributed by atoms with Crippen molar-refractivity contribution in [2.24, 2.45) is 0 Å². The van der Waals surface area contributed by atoms with Crippen LogP contribution in [0.4, 0.5) is 16.8 Å². The first-order chi connectivity index (χ1) is 6.63. The van der Waals surface area contributed by atoms with Crippen LogP contribution in [0, 0.1) is 0 Å².